The minimum Gasteiger partial charge on any atom is -0.481 e. The summed E-state index contributed by atoms with van der Waals surface area (Å²) in [5.41, 5.74) is -0.129. The third-order valence-electron chi connectivity index (χ3n) is 2.04. The van der Waals surface area contributed by atoms with Crippen LogP contribution in [0.1, 0.15) is 16.8 Å². The van der Waals surface area contributed by atoms with Crippen LogP contribution in [0.4, 0.5) is 5.69 Å². The van der Waals surface area contributed by atoms with E-state index in [1.165, 1.54) is 18.2 Å². The van der Waals surface area contributed by atoms with E-state index in [9.17, 15) is 19.7 Å². The first-order chi connectivity index (χ1) is 8.43. The molecule has 0 radical (unpaired) electrons. The first-order valence-electron chi connectivity index (χ1n) is 4.86. The Labute approximate surface area is 110 Å². The summed E-state index contributed by atoms with van der Waals surface area (Å²) in [4.78, 5) is 32.0. The van der Waals surface area contributed by atoms with Crippen molar-refractivity contribution in [3.8, 4) is 0 Å². The van der Waals surface area contributed by atoms with E-state index in [1.54, 1.807) is 0 Å². The van der Waals surface area contributed by atoms with Gasteiger partial charge in [-0.25, -0.2) is 0 Å². The van der Waals surface area contributed by atoms with E-state index in [-0.39, 0.29) is 28.7 Å². The smallest absolute Gasteiger partial charge is 0.305 e. The minimum absolute atomic E-state index is 0.0384. The first kappa shape index (κ1) is 14.1. The fourth-order valence-electron chi connectivity index (χ4n) is 1.21. The van der Waals surface area contributed by atoms with Crippen molar-refractivity contribution in [2.45, 2.75) is 6.42 Å². The molecular formula is C10H9BrN2O5. The lowest BCUT2D eigenvalue weighted by Crippen LogP contribution is -2.26. The molecule has 0 aliphatic carbocycles. The van der Waals surface area contributed by atoms with Crippen molar-refractivity contribution < 1.29 is 19.6 Å². The maximum Gasteiger partial charge on any atom is 0.305 e. The Balaban J connectivity index is 2.83. The van der Waals surface area contributed by atoms with Crippen molar-refractivity contribution in [2.24, 2.45) is 0 Å². The van der Waals surface area contributed by atoms with Gasteiger partial charge in [0.25, 0.3) is 11.6 Å². The normalized spacial score (nSPS) is 9.83. The molecule has 0 saturated heterocycles. The van der Waals surface area contributed by atoms with Crippen LogP contribution >= 0.6 is 15.9 Å². The van der Waals surface area contributed by atoms with Crippen molar-refractivity contribution in [1.82, 2.24) is 5.32 Å². The third-order valence-corrected chi connectivity index (χ3v) is 2.88. The zero-order chi connectivity index (χ0) is 13.7. The largest absolute Gasteiger partial charge is 0.481 e. The maximum absolute atomic E-state index is 11.7. The summed E-state index contributed by atoms with van der Waals surface area (Å²) in [6.07, 6.45) is -0.210. The van der Waals surface area contributed by atoms with Gasteiger partial charge in [-0.2, -0.15) is 0 Å². The molecule has 96 valence electrons. The van der Waals surface area contributed by atoms with E-state index < -0.39 is 16.8 Å². The highest BCUT2D eigenvalue weighted by atomic mass is 79.9. The molecule has 0 aliphatic heterocycles. The summed E-state index contributed by atoms with van der Waals surface area (Å²) in [7, 11) is 0. The summed E-state index contributed by atoms with van der Waals surface area (Å²) < 4.78 is 0.0721. The van der Waals surface area contributed by atoms with Crippen LogP contribution in [0.2, 0.25) is 0 Å². The number of nitrogens with one attached hydrogen (secondary N) is 1. The number of nitrogens with zero attached hydrogens (tertiary/aromatic N) is 1. The molecule has 8 heteroatoms. The standard InChI is InChI=1S/C10H9BrN2O5/c11-9-6(2-1-3-7(9)13(17)18)10(16)12-5-4-8(14)15/h1-3H,4-5H2,(H,12,16)(H,14,15). The van der Waals surface area contributed by atoms with Gasteiger partial charge in [0.1, 0.15) is 4.47 Å². The highest BCUT2D eigenvalue weighted by molar-refractivity contribution is 9.10. The van der Waals surface area contributed by atoms with Crippen molar-refractivity contribution in [1.29, 1.82) is 0 Å². The Bertz CT molecular complexity index is 503. The van der Waals surface area contributed by atoms with Gasteiger partial charge >= 0.3 is 5.97 Å². The lowest BCUT2D eigenvalue weighted by atomic mass is 10.2. The lowest BCUT2D eigenvalue weighted by molar-refractivity contribution is -0.385. The van der Waals surface area contributed by atoms with E-state index in [4.69, 9.17) is 5.11 Å². The van der Waals surface area contributed by atoms with Gasteiger partial charge in [-0.1, -0.05) is 6.07 Å². The molecule has 0 fully saturated rings. The molecule has 0 unspecified atom stereocenters. The van der Waals surface area contributed by atoms with Crippen LogP contribution in [-0.2, 0) is 4.79 Å². The van der Waals surface area contributed by atoms with Crippen LogP contribution in [0, 0.1) is 10.1 Å². The molecule has 0 aliphatic rings. The van der Waals surface area contributed by atoms with Gasteiger partial charge in [0.2, 0.25) is 0 Å². The van der Waals surface area contributed by atoms with Gasteiger partial charge in [-0.3, -0.25) is 19.7 Å². The molecule has 1 rings (SSSR count). The Kier molecular flexibility index (Phi) is 4.78. The van der Waals surface area contributed by atoms with E-state index in [2.05, 4.69) is 21.2 Å². The monoisotopic (exact) mass is 316 g/mol. The zero-order valence-electron chi connectivity index (χ0n) is 9.05. The number of carboxylic acids is 1. The zero-order valence-corrected chi connectivity index (χ0v) is 10.6. The Hall–Kier alpha value is -1.96. The second kappa shape index (κ2) is 6.10. The summed E-state index contributed by atoms with van der Waals surface area (Å²) in [5, 5.41) is 21.4. The van der Waals surface area contributed by atoms with Gasteiger partial charge in [-0.05, 0) is 22.0 Å². The lowest BCUT2D eigenvalue weighted by Gasteiger charge is -2.05. The van der Waals surface area contributed by atoms with E-state index in [1.807, 2.05) is 0 Å². The van der Waals surface area contributed by atoms with Gasteiger partial charge in [-0.15, -0.1) is 0 Å². The molecule has 18 heavy (non-hydrogen) atoms. The van der Waals surface area contributed by atoms with Crippen LogP contribution in [0.5, 0.6) is 0 Å². The van der Waals surface area contributed by atoms with Crippen LogP contribution in [0.3, 0.4) is 0 Å². The molecule has 0 bridgehead atoms. The molecule has 0 saturated carbocycles. The Morgan fingerprint density at radius 3 is 2.67 bits per heavy atom. The van der Waals surface area contributed by atoms with Crippen LogP contribution in [0.25, 0.3) is 0 Å². The van der Waals surface area contributed by atoms with Gasteiger partial charge < -0.3 is 10.4 Å². The molecule has 1 aromatic rings. The molecule has 0 spiro atoms. The predicted molar refractivity (Wildman–Crippen MR) is 65.4 cm³/mol. The molecule has 7 nitrogen and oxygen atoms in total. The number of benzene rings is 1. The fourth-order valence-corrected chi connectivity index (χ4v) is 1.80. The number of halogens is 1. The average Bonchev–Trinajstić information content (AvgIpc) is 2.28. The number of rotatable bonds is 5. The molecule has 0 atom stereocenters. The van der Waals surface area contributed by atoms with E-state index in [0.29, 0.717) is 0 Å². The van der Waals surface area contributed by atoms with Gasteiger partial charge in [0.15, 0.2) is 0 Å². The molecule has 0 heterocycles. The SMILES string of the molecule is O=C(O)CCNC(=O)c1cccc([N+](=O)[O-])c1Br. The summed E-state index contributed by atoms with van der Waals surface area (Å²) >= 11 is 2.98. The second-order valence-electron chi connectivity index (χ2n) is 3.30. The fraction of sp³-hybridized carbons (Fsp3) is 0.200. The summed E-state index contributed by atoms with van der Waals surface area (Å²) in [6.45, 7) is -0.0384. The van der Waals surface area contributed by atoms with Gasteiger partial charge in [0.05, 0.1) is 16.9 Å². The molecule has 0 aromatic heterocycles. The summed E-state index contributed by atoms with van der Waals surface area (Å²) in [5.74, 6) is -1.60. The number of carbonyl (C=O) groups excluding carboxylic acids is 1. The van der Waals surface area contributed by atoms with Crippen LogP contribution in [-0.4, -0.2) is 28.5 Å². The average molecular weight is 317 g/mol. The van der Waals surface area contributed by atoms with Crippen molar-refractivity contribution in [2.75, 3.05) is 6.54 Å². The van der Waals surface area contributed by atoms with E-state index >= 15 is 0 Å². The maximum atomic E-state index is 11.7. The highest BCUT2D eigenvalue weighted by Crippen LogP contribution is 2.28. The number of hydrogen-bond acceptors (Lipinski definition) is 4. The number of carboxylic acid groups (broad SMARTS) is 1. The number of aliphatic carboxylic acids is 1. The Morgan fingerprint density at radius 2 is 2.11 bits per heavy atom. The number of nitro groups is 1. The molecule has 2 N–H and O–H groups in total. The molecule has 1 aromatic carbocycles. The van der Waals surface area contributed by atoms with Gasteiger partial charge in [0, 0.05) is 12.6 Å². The molecule has 1 amide bonds. The van der Waals surface area contributed by atoms with Crippen molar-refractivity contribution in [3.63, 3.8) is 0 Å². The summed E-state index contributed by atoms with van der Waals surface area (Å²) in [6, 6.07) is 4.06. The number of hydrogen-bond donors (Lipinski definition) is 2. The van der Waals surface area contributed by atoms with E-state index in [0.717, 1.165) is 0 Å². The topological polar surface area (TPSA) is 110 Å². The number of carbonyl (C=O) groups is 2. The number of nitro benzene ring substituents is 1. The van der Waals surface area contributed by atoms with Crippen molar-refractivity contribution >= 4 is 33.5 Å². The first-order valence-corrected chi connectivity index (χ1v) is 5.65. The highest BCUT2D eigenvalue weighted by Gasteiger charge is 2.19. The second-order valence-corrected chi connectivity index (χ2v) is 4.09. The number of amides is 1. The molecular weight excluding hydrogens is 308 g/mol. The van der Waals surface area contributed by atoms with Crippen LogP contribution < -0.4 is 5.32 Å². The van der Waals surface area contributed by atoms with Crippen molar-refractivity contribution in [3.05, 3.63) is 38.3 Å². The quantitative estimate of drug-likeness (QED) is 0.632. The Morgan fingerprint density at radius 1 is 1.44 bits per heavy atom. The predicted octanol–water partition coefficient (Wildman–Crippen LogP) is 1.56. The third kappa shape index (κ3) is 3.52. The van der Waals surface area contributed by atoms with Crippen LogP contribution in [0.15, 0.2) is 22.7 Å². The minimum atomic E-state index is -1.03.